The number of hydrogen-bond acceptors (Lipinski definition) is 6. The summed E-state index contributed by atoms with van der Waals surface area (Å²) in [6.07, 6.45) is 2.08. The number of carbonyl (C=O) groups is 1. The van der Waals surface area contributed by atoms with E-state index in [1.807, 2.05) is 60.0 Å². The highest BCUT2D eigenvalue weighted by Gasteiger charge is 2.15. The highest BCUT2D eigenvalue weighted by Crippen LogP contribution is 2.28. The number of amides is 1. The SMILES string of the molecule is O=C(CCn1c2ccccc2c2nc3ccccc3nc21)NCc1csc(-c2ccccn2)n1. The lowest BCUT2D eigenvalue weighted by molar-refractivity contribution is -0.121. The first-order valence-corrected chi connectivity index (χ1v) is 11.9. The molecule has 4 aromatic heterocycles. The lowest BCUT2D eigenvalue weighted by atomic mass is 10.2. The Bertz CT molecular complexity index is 1640. The van der Waals surface area contributed by atoms with E-state index in [0.29, 0.717) is 19.5 Å². The lowest BCUT2D eigenvalue weighted by Crippen LogP contribution is -2.24. The van der Waals surface area contributed by atoms with Gasteiger partial charge in [0, 0.05) is 29.9 Å². The van der Waals surface area contributed by atoms with Crippen LogP contribution < -0.4 is 5.32 Å². The summed E-state index contributed by atoms with van der Waals surface area (Å²) >= 11 is 1.53. The maximum Gasteiger partial charge on any atom is 0.222 e. The van der Waals surface area contributed by atoms with Crippen molar-refractivity contribution in [3.63, 3.8) is 0 Å². The average molecular weight is 465 g/mol. The minimum atomic E-state index is -0.0351. The number of thiazole rings is 1. The van der Waals surface area contributed by atoms with Crippen LogP contribution in [-0.4, -0.2) is 30.4 Å². The first kappa shape index (κ1) is 20.4. The van der Waals surface area contributed by atoms with Crippen LogP contribution in [0.15, 0.2) is 78.3 Å². The van der Waals surface area contributed by atoms with Gasteiger partial charge in [0.1, 0.15) is 10.5 Å². The number of carbonyl (C=O) groups excluding carboxylic acids is 1. The maximum absolute atomic E-state index is 12.7. The molecule has 7 nitrogen and oxygen atoms in total. The Kier molecular flexibility index (Phi) is 5.20. The van der Waals surface area contributed by atoms with E-state index in [1.165, 1.54) is 11.3 Å². The molecule has 34 heavy (non-hydrogen) atoms. The Morgan fingerprint density at radius 1 is 0.912 bits per heavy atom. The number of pyridine rings is 1. The summed E-state index contributed by atoms with van der Waals surface area (Å²) in [7, 11) is 0. The zero-order valence-electron chi connectivity index (χ0n) is 18.2. The molecule has 166 valence electrons. The van der Waals surface area contributed by atoms with Crippen LogP contribution in [0.1, 0.15) is 12.1 Å². The van der Waals surface area contributed by atoms with Crippen molar-refractivity contribution >= 4 is 50.3 Å². The fourth-order valence-corrected chi connectivity index (χ4v) is 4.89. The maximum atomic E-state index is 12.7. The van der Waals surface area contributed by atoms with Gasteiger partial charge in [0.25, 0.3) is 0 Å². The molecule has 1 amide bonds. The summed E-state index contributed by atoms with van der Waals surface area (Å²) in [5, 5.41) is 6.83. The van der Waals surface area contributed by atoms with Gasteiger partial charge >= 0.3 is 0 Å². The second kappa shape index (κ2) is 8.64. The van der Waals surface area contributed by atoms with Crippen LogP contribution in [0.3, 0.4) is 0 Å². The molecule has 0 saturated carbocycles. The number of aryl methyl sites for hydroxylation is 1. The van der Waals surface area contributed by atoms with Crippen LogP contribution in [0.5, 0.6) is 0 Å². The monoisotopic (exact) mass is 464 g/mol. The number of para-hydroxylation sites is 3. The van der Waals surface area contributed by atoms with Crippen molar-refractivity contribution < 1.29 is 4.79 Å². The molecule has 6 rings (SSSR count). The van der Waals surface area contributed by atoms with E-state index in [2.05, 4.69) is 32.0 Å². The normalized spacial score (nSPS) is 11.4. The molecule has 0 aliphatic rings. The van der Waals surface area contributed by atoms with Crippen molar-refractivity contribution in [3.8, 4) is 10.7 Å². The number of fused-ring (bicyclic) bond motifs is 4. The molecule has 4 heterocycles. The van der Waals surface area contributed by atoms with Gasteiger partial charge in [-0.25, -0.2) is 15.0 Å². The van der Waals surface area contributed by atoms with Gasteiger partial charge in [0.05, 0.1) is 34.5 Å². The zero-order chi connectivity index (χ0) is 22.9. The van der Waals surface area contributed by atoms with Crippen LogP contribution in [0.25, 0.3) is 43.8 Å². The Balaban J connectivity index is 1.20. The molecule has 0 atom stereocenters. The largest absolute Gasteiger partial charge is 0.350 e. The van der Waals surface area contributed by atoms with Crippen molar-refractivity contribution in [2.24, 2.45) is 0 Å². The lowest BCUT2D eigenvalue weighted by Gasteiger charge is -2.08. The molecule has 0 aliphatic heterocycles. The molecule has 6 aromatic rings. The van der Waals surface area contributed by atoms with Gasteiger partial charge in [-0.05, 0) is 30.3 Å². The molecule has 0 spiro atoms. The van der Waals surface area contributed by atoms with E-state index in [1.54, 1.807) is 6.20 Å². The summed E-state index contributed by atoms with van der Waals surface area (Å²) in [6.45, 7) is 0.902. The fraction of sp³-hybridized carbons (Fsp3) is 0.115. The van der Waals surface area contributed by atoms with Crippen molar-refractivity contribution in [2.45, 2.75) is 19.5 Å². The Hall–Kier alpha value is -4.17. The summed E-state index contributed by atoms with van der Waals surface area (Å²) in [5.74, 6) is -0.0351. The van der Waals surface area contributed by atoms with Crippen LogP contribution in [0.4, 0.5) is 0 Å². The first-order valence-electron chi connectivity index (χ1n) is 11.0. The summed E-state index contributed by atoms with van der Waals surface area (Å²) in [6, 6.07) is 21.7. The second-order valence-corrected chi connectivity index (χ2v) is 8.80. The minimum Gasteiger partial charge on any atom is -0.350 e. The third-order valence-electron chi connectivity index (χ3n) is 5.72. The number of hydrogen-bond donors (Lipinski definition) is 1. The van der Waals surface area contributed by atoms with E-state index >= 15 is 0 Å². The van der Waals surface area contributed by atoms with Gasteiger partial charge in [-0.1, -0.05) is 36.4 Å². The highest BCUT2D eigenvalue weighted by atomic mass is 32.1. The summed E-state index contributed by atoms with van der Waals surface area (Å²) in [4.78, 5) is 31.3. The molecule has 2 aromatic carbocycles. The van der Waals surface area contributed by atoms with E-state index in [0.717, 1.165) is 49.5 Å². The molecule has 8 heteroatoms. The Morgan fingerprint density at radius 2 is 1.71 bits per heavy atom. The van der Waals surface area contributed by atoms with Gasteiger partial charge in [-0.3, -0.25) is 9.78 Å². The van der Waals surface area contributed by atoms with Crippen LogP contribution in [0.2, 0.25) is 0 Å². The average Bonchev–Trinajstić information content (AvgIpc) is 3.48. The third kappa shape index (κ3) is 3.78. The Morgan fingerprint density at radius 3 is 2.56 bits per heavy atom. The Labute approximate surface area is 199 Å². The fourth-order valence-electron chi connectivity index (χ4n) is 4.10. The first-order chi connectivity index (χ1) is 16.8. The van der Waals surface area contributed by atoms with Gasteiger partial charge in [-0.15, -0.1) is 11.3 Å². The van der Waals surface area contributed by atoms with E-state index in [-0.39, 0.29) is 5.91 Å². The third-order valence-corrected chi connectivity index (χ3v) is 6.64. The number of rotatable bonds is 6. The molecule has 0 unspecified atom stereocenters. The smallest absolute Gasteiger partial charge is 0.222 e. The number of nitrogens with zero attached hydrogens (tertiary/aromatic N) is 5. The van der Waals surface area contributed by atoms with E-state index in [9.17, 15) is 4.79 Å². The van der Waals surface area contributed by atoms with Crippen molar-refractivity contribution in [3.05, 3.63) is 84.0 Å². The molecule has 0 aliphatic carbocycles. The molecule has 1 N–H and O–H groups in total. The molecular weight excluding hydrogens is 444 g/mol. The van der Waals surface area contributed by atoms with Crippen molar-refractivity contribution in [2.75, 3.05) is 0 Å². The predicted octanol–water partition coefficient (Wildman–Crippen LogP) is 4.96. The van der Waals surface area contributed by atoms with Gasteiger partial charge in [0.2, 0.25) is 5.91 Å². The van der Waals surface area contributed by atoms with E-state index < -0.39 is 0 Å². The number of benzene rings is 2. The summed E-state index contributed by atoms with van der Waals surface area (Å²) in [5.41, 5.74) is 6.06. The van der Waals surface area contributed by atoms with Crippen molar-refractivity contribution in [1.29, 1.82) is 0 Å². The standard InChI is InChI=1S/C26H20N6OS/c33-23(28-15-17-16-34-26(29-17)21-10-5-6-13-27-21)12-14-32-22-11-4-1-7-18(22)24-25(32)31-20-9-3-2-8-19(20)30-24/h1-11,13,16H,12,14-15H2,(H,28,33). The molecule has 0 bridgehead atoms. The molecular formula is C26H20N6OS. The highest BCUT2D eigenvalue weighted by molar-refractivity contribution is 7.13. The van der Waals surface area contributed by atoms with Gasteiger partial charge in [-0.2, -0.15) is 0 Å². The van der Waals surface area contributed by atoms with Crippen LogP contribution >= 0.6 is 11.3 Å². The van der Waals surface area contributed by atoms with Crippen molar-refractivity contribution in [1.82, 2.24) is 29.8 Å². The molecule has 0 saturated heterocycles. The molecule has 0 radical (unpaired) electrons. The van der Waals surface area contributed by atoms with Crippen LogP contribution in [0, 0.1) is 0 Å². The zero-order valence-corrected chi connectivity index (χ0v) is 19.0. The summed E-state index contributed by atoms with van der Waals surface area (Å²) < 4.78 is 2.09. The second-order valence-electron chi connectivity index (χ2n) is 7.94. The number of nitrogens with one attached hydrogen (secondary N) is 1. The minimum absolute atomic E-state index is 0.0351. The topological polar surface area (TPSA) is 85.6 Å². The van der Waals surface area contributed by atoms with Gasteiger partial charge in [0.15, 0.2) is 5.65 Å². The quantitative estimate of drug-likeness (QED) is 0.376. The number of aromatic nitrogens is 5. The molecule has 0 fully saturated rings. The predicted molar refractivity (Wildman–Crippen MR) is 134 cm³/mol. The van der Waals surface area contributed by atoms with Gasteiger partial charge < -0.3 is 9.88 Å². The van der Waals surface area contributed by atoms with Crippen LogP contribution in [-0.2, 0) is 17.9 Å². The van der Waals surface area contributed by atoms with E-state index in [4.69, 9.17) is 9.97 Å².